The van der Waals surface area contributed by atoms with Gasteiger partial charge in [-0.3, -0.25) is 0 Å². The molecule has 0 aliphatic heterocycles. The van der Waals surface area contributed by atoms with E-state index in [1.807, 2.05) is 0 Å². The molecule has 14 heavy (non-hydrogen) atoms. The second-order valence-electron chi connectivity index (χ2n) is 2.19. The van der Waals surface area contributed by atoms with E-state index < -0.39 is 6.61 Å². The molecule has 0 fully saturated rings. The predicted octanol–water partition coefficient (Wildman–Crippen LogP) is 3.02. The fourth-order valence-corrected chi connectivity index (χ4v) is 1.16. The number of ether oxygens (including phenoxy) is 1. The molecule has 0 unspecified atom stereocenters. The summed E-state index contributed by atoms with van der Waals surface area (Å²) in [6.07, 6.45) is 1.25. The Morgan fingerprint density at radius 2 is 2.21 bits per heavy atom. The van der Waals surface area contributed by atoms with Crippen LogP contribution in [0.25, 0.3) is 0 Å². The molecule has 0 saturated heterocycles. The second kappa shape index (κ2) is 4.83. The Labute approximate surface area is 86.5 Å². The second-order valence-corrected chi connectivity index (χ2v) is 3.11. The zero-order chi connectivity index (χ0) is 10.6. The van der Waals surface area contributed by atoms with Crippen molar-refractivity contribution in [3.63, 3.8) is 0 Å². The van der Waals surface area contributed by atoms with Crippen LogP contribution in [0.2, 0.25) is 0 Å². The quantitative estimate of drug-likeness (QED) is 0.621. The Morgan fingerprint density at radius 1 is 1.50 bits per heavy atom. The molecule has 0 aliphatic carbocycles. The largest absolute Gasteiger partial charge is 0.432 e. The van der Waals surface area contributed by atoms with Gasteiger partial charge in [0.1, 0.15) is 5.69 Å². The van der Waals surface area contributed by atoms with E-state index in [1.54, 1.807) is 6.07 Å². The van der Waals surface area contributed by atoms with E-state index in [9.17, 15) is 13.6 Å². The van der Waals surface area contributed by atoms with Crippen molar-refractivity contribution in [2.24, 2.45) is 4.99 Å². The van der Waals surface area contributed by atoms with Gasteiger partial charge in [-0.05, 0) is 18.2 Å². The summed E-state index contributed by atoms with van der Waals surface area (Å²) in [6, 6.07) is 4.21. The summed E-state index contributed by atoms with van der Waals surface area (Å²) in [5.41, 5.74) is 0.0171. The van der Waals surface area contributed by atoms with E-state index in [4.69, 9.17) is 0 Å². The van der Waals surface area contributed by atoms with Crippen LogP contribution in [0.1, 0.15) is 0 Å². The van der Waals surface area contributed by atoms with Crippen molar-refractivity contribution in [2.45, 2.75) is 6.61 Å². The number of rotatable bonds is 3. The average molecular weight is 264 g/mol. The van der Waals surface area contributed by atoms with Crippen LogP contribution in [-0.2, 0) is 4.79 Å². The van der Waals surface area contributed by atoms with E-state index in [0.717, 1.165) is 0 Å². The molecule has 0 atom stereocenters. The van der Waals surface area contributed by atoms with E-state index in [0.29, 0.717) is 4.47 Å². The van der Waals surface area contributed by atoms with Gasteiger partial charge in [0.15, 0.2) is 5.75 Å². The predicted molar refractivity (Wildman–Crippen MR) is 48.6 cm³/mol. The third-order valence-electron chi connectivity index (χ3n) is 1.30. The Hall–Kier alpha value is -1.26. The molecule has 1 aromatic rings. The molecular weight excluding hydrogens is 260 g/mol. The minimum atomic E-state index is -2.95. The lowest BCUT2D eigenvalue weighted by atomic mass is 10.3. The fraction of sp³-hybridized carbons (Fsp3) is 0.125. The van der Waals surface area contributed by atoms with Gasteiger partial charge < -0.3 is 4.74 Å². The normalized spacial score (nSPS) is 9.71. The van der Waals surface area contributed by atoms with Crippen LogP contribution < -0.4 is 4.74 Å². The smallest absolute Gasteiger partial charge is 0.387 e. The molecule has 0 amide bonds. The van der Waals surface area contributed by atoms with Crippen LogP contribution in [0.4, 0.5) is 14.5 Å². The highest BCUT2D eigenvalue weighted by Crippen LogP contribution is 2.31. The number of hydrogen-bond acceptors (Lipinski definition) is 3. The summed E-state index contributed by atoms with van der Waals surface area (Å²) in [5, 5.41) is 0. The maximum absolute atomic E-state index is 11.9. The number of aliphatic imine (C=N–C) groups is 1. The van der Waals surface area contributed by atoms with Gasteiger partial charge in [0, 0.05) is 4.47 Å². The van der Waals surface area contributed by atoms with Crippen molar-refractivity contribution in [1.82, 2.24) is 0 Å². The van der Waals surface area contributed by atoms with E-state index >= 15 is 0 Å². The fourth-order valence-electron chi connectivity index (χ4n) is 0.820. The molecule has 0 radical (unpaired) electrons. The first-order valence-corrected chi connectivity index (χ1v) is 4.25. The molecule has 0 bridgehead atoms. The molecule has 1 rings (SSSR count). The van der Waals surface area contributed by atoms with Crippen molar-refractivity contribution < 1.29 is 18.3 Å². The van der Waals surface area contributed by atoms with Crippen LogP contribution in [0.3, 0.4) is 0 Å². The number of isocyanates is 1. The van der Waals surface area contributed by atoms with Crippen molar-refractivity contribution >= 4 is 27.7 Å². The Balaban J connectivity index is 3.08. The minimum absolute atomic E-state index is 0.0171. The Bertz CT molecular complexity index is 378. The lowest BCUT2D eigenvalue weighted by Crippen LogP contribution is -2.01. The van der Waals surface area contributed by atoms with Gasteiger partial charge in [-0.1, -0.05) is 15.9 Å². The number of hydrogen-bond donors (Lipinski definition) is 0. The highest BCUT2D eigenvalue weighted by molar-refractivity contribution is 9.10. The summed E-state index contributed by atoms with van der Waals surface area (Å²) in [4.78, 5) is 13.2. The van der Waals surface area contributed by atoms with Crippen molar-refractivity contribution in [3.8, 4) is 5.75 Å². The third-order valence-corrected chi connectivity index (χ3v) is 1.80. The highest BCUT2D eigenvalue weighted by atomic mass is 79.9. The minimum Gasteiger partial charge on any atom is -0.432 e. The molecule has 0 heterocycles. The zero-order valence-corrected chi connectivity index (χ0v) is 8.29. The Kier molecular flexibility index (Phi) is 3.73. The first-order chi connectivity index (χ1) is 6.63. The average Bonchev–Trinajstić information content (AvgIpc) is 2.09. The molecule has 3 nitrogen and oxygen atoms in total. The number of benzene rings is 1. The van der Waals surface area contributed by atoms with Gasteiger partial charge in [-0.2, -0.15) is 13.8 Å². The lowest BCUT2D eigenvalue weighted by molar-refractivity contribution is -0.0494. The molecular formula is C8H4BrF2NO2. The number of nitrogens with zero attached hydrogens (tertiary/aromatic N) is 1. The molecule has 0 aromatic heterocycles. The van der Waals surface area contributed by atoms with Gasteiger partial charge in [-0.25, -0.2) is 4.79 Å². The van der Waals surface area contributed by atoms with Gasteiger partial charge in [-0.15, -0.1) is 0 Å². The van der Waals surface area contributed by atoms with Gasteiger partial charge in [0.05, 0.1) is 0 Å². The highest BCUT2D eigenvalue weighted by Gasteiger charge is 2.09. The molecule has 6 heteroatoms. The number of halogens is 3. The Morgan fingerprint density at radius 3 is 2.79 bits per heavy atom. The van der Waals surface area contributed by atoms with E-state index in [2.05, 4.69) is 25.7 Å². The first-order valence-electron chi connectivity index (χ1n) is 3.45. The lowest BCUT2D eigenvalue weighted by Gasteiger charge is -2.06. The van der Waals surface area contributed by atoms with Gasteiger partial charge in [0.2, 0.25) is 6.08 Å². The summed E-state index contributed by atoms with van der Waals surface area (Å²) in [5.74, 6) is -0.169. The van der Waals surface area contributed by atoms with Crippen LogP contribution in [0.15, 0.2) is 27.7 Å². The maximum Gasteiger partial charge on any atom is 0.387 e. The van der Waals surface area contributed by atoms with Crippen LogP contribution in [0.5, 0.6) is 5.75 Å². The molecule has 1 aromatic carbocycles. The zero-order valence-electron chi connectivity index (χ0n) is 6.71. The summed E-state index contributed by atoms with van der Waals surface area (Å²) >= 11 is 3.07. The van der Waals surface area contributed by atoms with Crippen LogP contribution in [0, 0.1) is 0 Å². The monoisotopic (exact) mass is 263 g/mol. The van der Waals surface area contributed by atoms with E-state index in [1.165, 1.54) is 18.2 Å². The molecule has 0 N–H and O–H groups in total. The van der Waals surface area contributed by atoms with Crippen molar-refractivity contribution in [2.75, 3.05) is 0 Å². The topological polar surface area (TPSA) is 38.7 Å². The molecule has 0 aliphatic rings. The first kappa shape index (κ1) is 10.8. The van der Waals surface area contributed by atoms with Gasteiger partial charge >= 0.3 is 6.61 Å². The SMILES string of the molecule is O=C=Nc1ccc(Br)cc1OC(F)F. The maximum atomic E-state index is 11.9. The molecule has 0 spiro atoms. The summed E-state index contributed by atoms with van der Waals surface area (Å²) < 4.78 is 28.5. The van der Waals surface area contributed by atoms with Crippen LogP contribution in [-0.4, -0.2) is 12.7 Å². The van der Waals surface area contributed by atoms with Crippen molar-refractivity contribution in [3.05, 3.63) is 22.7 Å². The number of alkyl halides is 2. The third kappa shape index (κ3) is 2.90. The summed E-state index contributed by atoms with van der Waals surface area (Å²) in [6.45, 7) is -2.95. The standard InChI is InChI=1S/C8H4BrF2NO2/c9-5-1-2-6(12-4-13)7(3-5)14-8(10)11/h1-3,8H. The van der Waals surface area contributed by atoms with Crippen LogP contribution >= 0.6 is 15.9 Å². The number of carbonyl (C=O) groups excluding carboxylic acids is 1. The van der Waals surface area contributed by atoms with Crippen molar-refractivity contribution in [1.29, 1.82) is 0 Å². The molecule has 74 valence electrons. The molecule has 0 saturated carbocycles. The summed E-state index contributed by atoms with van der Waals surface area (Å²) in [7, 11) is 0. The van der Waals surface area contributed by atoms with E-state index in [-0.39, 0.29) is 11.4 Å². The van der Waals surface area contributed by atoms with Gasteiger partial charge in [0.25, 0.3) is 0 Å².